The summed E-state index contributed by atoms with van der Waals surface area (Å²) in [7, 11) is 0. The van der Waals surface area contributed by atoms with Crippen molar-refractivity contribution in [1.82, 2.24) is 13.7 Å². The van der Waals surface area contributed by atoms with E-state index in [0.717, 1.165) is 28.2 Å². The number of rotatable bonds is 7. The summed E-state index contributed by atoms with van der Waals surface area (Å²) in [6.45, 7) is 0. The summed E-state index contributed by atoms with van der Waals surface area (Å²) in [5, 5.41) is 7.45. The van der Waals surface area contributed by atoms with Crippen LogP contribution < -0.4 is 0 Å². The zero-order valence-electron chi connectivity index (χ0n) is 36.9. The highest BCUT2D eigenvalue weighted by molar-refractivity contribution is 7.26. The van der Waals surface area contributed by atoms with Crippen LogP contribution in [0, 0.1) is 0 Å². The first-order chi connectivity index (χ1) is 33.8. The normalized spacial score (nSPS) is 11.8. The molecule has 68 heavy (non-hydrogen) atoms. The highest BCUT2D eigenvalue weighted by atomic mass is 32.1. The van der Waals surface area contributed by atoms with Crippen LogP contribution in [0.3, 0.4) is 0 Å². The second kappa shape index (κ2) is 15.5. The topological polar surface area (TPSA) is 14.8 Å². The molecule has 0 aliphatic carbocycles. The van der Waals surface area contributed by atoms with E-state index in [0.29, 0.717) is 0 Å². The van der Waals surface area contributed by atoms with Gasteiger partial charge in [0.15, 0.2) is 0 Å². The lowest BCUT2D eigenvalue weighted by Crippen LogP contribution is -2.02. The molecule has 0 bridgehead atoms. The lowest BCUT2D eigenvalue weighted by molar-refractivity contribution is 1.07. The number of nitrogens with zero attached hydrogens (tertiary/aromatic N) is 3. The van der Waals surface area contributed by atoms with Gasteiger partial charge in [-0.2, -0.15) is 0 Å². The van der Waals surface area contributed by atoms with Crippen molar-refractivity contribution in [3.8, 4) is 61.7 Å². The molecule has 10 aromatic carbocycles. The molecule has 0 saturated carbocycles. The predicted molar refractivity (Wildman–Crippen MR) is 289 cm³/mol. The van der Waals surface area contributed by atoms with Gasteiger partial charge >= 0.3 is 0 Å². The molecule has 0 aliphatic rings. The summed E-state index contributed by atoms with van der Waals surface area (Å²) in [6, 6.07) is 91.0. The van der Waals surface area contributed by atoms with Gasteiger partial charge in [0.2, 0.25) is 0 Å². The third kappa shape index (κ3) is 5.78. The number of hydrogen-bond acceptors (Lipinski definition) is 1. The minimum Gasteiger partial charge on any atom is -0.309 e. The third-order valence-electron chi connectivity index (χ3n) is 13.8. The fraction of sp³-hybridized carbons (Fsp3) is 0. The van der Waals surface area contributed by atoms with Gasteiger partial charge in [-0.15, -0.1) is 11.3 Å². The maximum atomic E-state index is 2.57. The first kappa shape index (κ1) is 38.6. The Morgan fingerprint density at radius 2 is 0.794 bits per heavy atom. The lowest BCUT2D eigenvalue weighted by atomic mass is 9.97. The second-order valence-corrected chi connectivity index (χ2v) is 18.6. The van der Waals surface area contributed by atoms with Crippen molar-refractivity contribution in [2.75, 3.05) is 0 Å². The zero-order chi connectivity index (χ0) is 44.7. The molecule has 0 N–H and O–H groups in total. The Bertz CT molecular complexity index is 4220. The van der Waals surface area contributed by atoms with Crippen molar-refractivity contribution < 1.29 is 0 Å². The van der Waals surface area contributed by atoms with Crippen molar-refractivity contribution in [3.05, 3.63) is 249 Å². The molecular formula is C64H41N3S. The summed E-state index contributed by atoms with van der Waals surface area (Å²) >= 11 is 1.91. The monoisotopic (exact) mass is 883 g/mol. The molecule has 0 unspecified atom stereocenters. The van der Waals surface area contributed by atoms with Gasteiger partial charge in [-0.3, -0.25) is 9.13 Å². The summed E-state index contributed by atoms with van der Waals surface area (Å²) in [6.07, 6.45) is 0. The minimum absolute atomic E-state index is 1.10. The number of hydrogen-bond donors (Lipinski definition) is 0. The van der Waals surface area contributed by atoms with Crippen LogP contribution >= 0.6 is 11.3 Å². The van der Waals surface area contributed by atoms with E-state index in [4.69, 9.17) is 0 Å². The molecule has 14 rings (SSSR count). The predicted octanol–water partition coefficient (Wildman–Crippen LogP) is 17.7. The largest absolute Gasteiger partial charge is 0.309 e. The molecular weight excluding hydrogens is 843 g/mol. The maximum absolute atomic E-state index is 2.57. The lowest BCUT2D eigenvalue weighted by Gasteiger charge is -2.16. The van der Waals surface area contributed by atoms with E-state index in [-0.39, 0.29) is 0 Å². The molecule has 4 heterocycles. The van der Waals surface area contributed by atoms with E-state index in [9.17, 15) is 0 Å². The first-order valence-corrected chi connectivity index (χ1v) is 24.1. The average molecular weight is 884 g/mol. The Labute approximate surface area is 397 Å². The van der Waals surface area contributed by atoms with Crippen LogP contribution in [-0.2, 0) is 0 Å². The van der Waals surface area contributed by atoms with Crippen LogP contribution in [-0.4, -0.2) is 13.7 Å². The van der Waals surface area contributed by atoms with Crippen molar-refractivity contribution >= 4 is 75.3 Å². The van der Waals surface area contributed by atoms with Crippen LogP contribution in [0.4, 0.5) is 0 Å². The Morgan fingerprint density at radius 3 is 1.47 bits per heavy atom. The maximum Gasteiger partial charge on any atom is 0.131 e. The summed E-state index contributed by atoms with van der Waals surface area (Å²) < 4.78 is 10.1. The Morgan fingerprint density at radius 1 is 0.294 bits per heavy atom. The van der Waals surface area contributed by atoms with E-state index in [1.807, 2.05) is 11.3 Å². The highest BCUT2D eigenvalue weighted by Gasteiger charge is 2.27. The summed E-state index contributed by atoms with van der Waals surface area (Å²) in [5.41, 5.74) is 17.7. The molecule has 0 saturated heterocycles. The molecule has 0 radical (unpaired) electrons. The second-order valence-electron chi connectivity index (χ2n) is 17.6. The number of benzene rings is 10. The number of fused-ring (bicyclic) bond motifs is 9. The quantitative estimate of drug-likeness (QED) is 0.151. The molecule has 0 amide bonds. The average Bonchev–Trinajstić information content (AvgIpc) is 4.16. The third-order valence-corrected chi connectivity index (χ3v) is 15.1. The van der Waals surface area contributed by atoms with Crippen molar-refractivity contribution in [3.63, 3.8) is 0 Å². The van der Waals surface area contributed by atoms with E-state index < -0.39 is 0 Å². The van der Waals surface area contributed by atoms with E-state index in [2.05, 4.69) is 262 Å². The number of para-hydroxylation sites is 4. The Hall–Kier alpha value is -8.70. The Balaban J connectivity index is 1.14. The summed E-state index contributed by atoms with van der Waals surface area (Å²) in [5.74, 6) is 0. The smallest absolute Gasteiger partial charge is 0.131 e. The van der Waals surface area contributed by atoms with Gasteiger partial charge in [0.1, 0.15) is 5.65 Å². The number of thiophene rings is 1. The molecule has 0 fully saturated rings. The van der Waals surface area contributed by atoms with Crippen LogP contribution in [0.5, 0.6) is 0 Å². The van der Waals surface area contributed by atoms with Crippen molar-refractivity contribution in [2.45, 2.75) is 0 Å². The molecule has 3 nitrogen and oxygen atoms in total. The van der Waals surface area contributed by atoms with E-state index >= 15 is 0 Å². The van der Waals surface area contributed by atoms with E-state index in [1.54, 1.807) is 0 Å². The summed E-state index contributed by atoms with van der Waals surface area (Å²) in [4.78, 5) is 0. The van der Waals surface area contributed by atoms with Crippen LogP contribution in [0.25, 0.3) is 126 Å². The van der Waals surface area contributed by atoms with Gasteiger partial charge in [0.05, 0.1) is 22.2 Å². The fourth-order valence-electron chi connectivity index (χ4n) is 11.0. The number of aromatic nitrogens is 3. The SMILES string of the molecule is c1ccc(-c2c(-c3ccccc3)n(-c3ccccc3)c3ccc(-n4c5c(-c6cccc7c6sc6c(-c8ccccc8)cccc67)cccc5c5c6ccccc6n(-c6ccccc6)c54)cc23)cc1. The van der Waals surface area contributed by atoms with Crippen molar-refractivity contribution in [2.24, 2.45) is 0 Å². The molecule has 0 atom stereocenters. The molecule has 4 aromatic heterocycles. The molecule has 0 spiro atoms. The zero-order valence-corrected chi connectivity index (χ0v) is 37.7. The molecule has 14 aromatic rings. The molecule has 0 aliphatic heterocycles. The van der Waals surface area contributed by atoms with Gasteiger partial charge in [-0.25, -0.2) is 0 Å². The Kier molecular flexibility index (Phi) is 8.76. The minimum atomic E-state index is 1.10. The fourth-order valence-corrected chi connectivity index (χ4v) is 12.4. The first-order valence-electron chi connectivity index (χ1n) is 23.3. The van der Waals surface area contributed by atoms with Gasteiger partial charge in [-0.1, -0.05) is 200 Å². The van der Waals surface area contributed by atoms with Crippen LogP contribution in [0.2, 0.25) is 0 Å². The van der Waals surface area contributed by atoms with Gasteiger partial charge < -0.3 is 4.57 Å². The van der Waals surface area contributed by atoms with Gasteiger partial charge in [0, 0.05) is 75.5 Å². The molecule has 318 valence electrons. The van der Waals surface area contributed by atoms with Gasteiger partial charge in [0.25, 0.3) is 0 Å². The van der Waals surface area contributed by atoms with Gasteiger partial charge in [-0.05, 0) is 70.8 Å². The highest BCUT2D eigenvalue weighted by Crippen LogP contribution is 2.50. The molecule has 4 heteroatoms. The van der Waals surface area contributed by atoms with E-state index in [1.165, 1.54) is 97.4 Å². The van der Waals surface area contributed by atoms with Crippen molar-refractivity contribution in [1.29, 1.82) is 0 Å². The standard InChI is InChI=1S/C64H41N3S/c1-6-21-42(22-7-1)48-32-18-35-51-52-36-20-34-50(63(52)68-62(48)51)49-33-19-37-54-59-53-31-16-17-38-56(53)66(46-29-14-5-15-30-46)64(59)67(61(49)54)47-39-40-57-55(41-47)58(43-23-8-2-9-24-43)60(44-25-10-3-11-26-44)65(57)45-27-12-4-13-28-45/h1-41H. The van der Waals surface area contributed by atoms with Crippen LogP contribution in [0.15, 0.2) is 249 Å². The van der Waals surface area contributed by atoms with Crippen LogP contribution in [0.1, 0.15) is 0 Å².